The molecule has 0 bridgehead atoms. The van der Waals surface area contributed by atoms with Crippen LogP contribution in [0.15, 0.2) is 42.5 Å². The first-order chi connectivity index (χ1) is 9.74. The van der Waals surface area contributed by atoms with E-state index >= 15 is 0 Å². The van der Waals surface area contributed by atoms with Gasteiger partial charge in [-0.1, -0.05) is 35.9 Å². The van der Waals surface area contributed by atoms with Crippen LogP contribution in [-0.2, 0) is 0 Å². The standard InChI is InChI=1S/C15H13ClN2O2/c16-14-7-3-5-12(17-14)15(19)18-11-8-9-20-13-6-2-1-4-10(11)13/h1-7,11H,8-9H2,(H,18,19). The van der Waals surface area contributed by atoms with E-state index in [0.717, 1.165) is 17.7 Å². The Labute approximate surface area is 121 Å². The number of aromatic nitrogens is 1. The molecular formula is C15H13ClN2O2. The molecule has 1 aromatic heterocycles. The maximum Gasteiger partial charge on any atom is 0.270 e. The van der Waals surface area contributed by atoms with Crippen LogP contribution in [0.3, 0.4) is 0 Å². The second-order valence-corrected chi connectivity index (χ2v) is 4.93. The number of rotatable bonds is 2. The number of ether oxygens (including phenoxy) is 1. The number of hydrogen-bond acceptors (Lipinski definition) is 3. The maximum atomic E-state index is 12.2. The first-order valence-corrected chi connectivity index (χ1v) is 6.77. The molecule has 2 heterocycles. The lowest BCUT2D eigenvalue weighted by atomic mass is 10.0. The highest BCUT2D eigenvalue weighted by molar-refractivity contribution is 6.29. The van der Waals surface area contributed by atoms with Crippen molar-refractivity contribution in [3.05, 3.63) is 58.9 Å². The van der Waals surface area contributed by atoms with Crippen LogP contribution in [0.2, 0.25) is 5.15 Å². The van der Waals surface area contributed by atoms with Crippen LogP contribution in [0.1, 0.15) is 28.5 Å². The number of nitrogens with zero attached hydrogens (tertiary/aromatic N) is 1. The summed E-state index contributed by atoms with van der Waals surface area (Å²) in [6.07, 6.45) is 0.739. The number of carbonyl (C=O) groups excluding carboxylic acids is 1. The van der Waals surface area contributed by atoms with E-state index in [1.807, 2.05) is 24.3 Å². The molecule has 0 saturated carbocycles. The Hall–Kier alpha value is -2.07. The number of fused-ring (bicyclic) bond motifs is 1. The van der Waals surface area contributed by atoms with Crippen LogP contribution in [0.5, 0.6) is 5.75 Å². The van der Waals surface area contributed by atoms with Gasteiger partial charge in [0.1, 0.15) is 16.6 Å². The highest BCUT2D eigenvalue weighted by atomic mass is 35.5. The van der Waals surface area contributed by atoms with Gasteiger partial charge in [0, 0.05) is 12.0 Å². The summed E-state index contributed by atoms with van der Waals surface area (Å²) in [5.74, 6) is 0.595. The summed E-state index contributed by atoms with van der Waals surface area (Å²) in [6, 6.07) is 12.7. The first-order valence-electron chi connectivity index (χ1n) is 6.39. The maximum absolute atomic E-state index is 12.2. The fourth-order valence-electron chi connectivity index (χ4n) is 2.26. The van der Waals surface area contributed by atoms with Gasteiger partial charge in [-0.15, -0.1) is 0 Å². The van der Waals surface area contributed by atoms with Crippen molar-refractivity contribution in [3.63, 3.8) is 0 Å². The summed E-state index contributed by atoms with van der Waals surface area (Å²) >= 11 is 5.80. The molecule has 1 aromatic carbocycles. The van der Waals surface area contributed by atoms with Crippen LogP contribution in [0, 0.1) is 0 Å². The lowest BCUT2D eigenvalue weighted by molar-refractivity contribution is 0.0919. The highest BCUT2D eigenvalue weighted by Gasteiger charge is 2.23. The number of benzene rings is 1. The molecule has 0 saturated heterocycles. The summed E-state index contributed by atoms with van der Waals surface area (Å²) in [5.41, 5.74) is 1.32. The summed E-state index contributed by atoms with van der Waals surface area (Å²) in [6.45, 7) is 0.588. The minimum atomic E-state index is -0.228. The third-order valence-electron chi connectivity index (χ3n) is 3.21. The number of halogens is 1. The Morgan fingerprint density at radius 2 is 2.10 bits per heavy atom. The molecule has 20 heavy (non-hydrogen) atoms. The molecule has 1 unspecified atom stereocenters. The van der Waals surface area contributed by atoms with Crippen molar-refractivity contribution >= 4 is 17.5 Å². The quantitative estimate of drug-likeness (QED) is 0.864. The van der Waals surface area contributed by atoms with E-state index in [1.165, 1.54) is 0 Å². The predicted octanol–water partition coefficient (Wildman–Crippen LogP) is 2.99. The SMILES string of the molecule is O=C(NC1CCOc2ccccc21)c1cccc(Cl)n1. The minimum absolute atomic E-state index is 0.0618. The van der Waals surface area contributed by atoms with Crippen molar-refractivity contribution in [2.45, 2.75) is 12.5 Å². The van der Waals surface area contributed by atoms with Gasteiger partial charge in [-0.2, -0.15) is 0 Å². The van der Waals surface area contributed by atoms with E-state index in [9.17, 15) is 4.79 Å². The Kier molecular flexibility index (Phi) is 3.56. The summed E-state index contributed by atoms with van der Waals surface area (Å²) in [4.78, 5) is 16.2. The molecule has 1 atom stereocenters. The minimum Gasteiger partial charge on any atom is -0.493 e. The molecule has 4 nitrogen and oxygen atoms in total. The van der Waals surface area contributed by atoms with Crippen LogP contribution in [-0.4, -0.2) is 17.5 Å². The van der Waals surface area contributed by atoms with Crippen LogP contribution >= 0.6 is 11.6 Å². The molecule has 0 spiro atoms. The van der Waals surface area contributed by atoms with Crippen LogP contribution in [0.25, 0.3) is 0 Å². The molecule has 102 valence electrons. The average Bonchev–Trinajstić information content (AvgIpc) is 2.47. The van der Waals surface area contributed by atoms with Crippen molar-refractivity contribution in [2.75, 3.05) is 6.61 Å². The van der Waals surface area contributed by atoms with Gasteiger partial charge >= 0.3 is 0 Å². The zero-order valence-electron chi connectivity index (χ0n) is 10.7. The fraction of sp³-hybridized carbons (Fsp3) is 0.200. The van der Waals surface area contributed by atoms with E-state index in [0.29, 0.717) is 17.5 Å². The molecule has 2 aromatic rings. The Morgan fingerprint density at radius 3 is 2.95 bits per heavy atom. The van der Waals surface area contributed by atoms with E-state index in [2.05, 4.69) is 10.3 Å². The molecule has 0 fully saturated rings. The second kappa shape index (κ2) is 5.51. The molecule has 1 aliphatic rings. The third kappa shape index (κ3) is 2.60. The second-order valence-electron chi connectivity index (χ2n) is 4.55. The molecule has 0 radical (unpaired) electrons. The van der Waals surface area contributed by atoms with Crippen molar-refractivity contribution in [1.82, 2.24) is 10.3 Å². The van der Waals surface area contributed by atoms with E-state index < -0.39 is 0 Å². The van der Waals surface area contributed by atoms with Crippen LogP contribution in [0.4, 0.5) is 0 Å². The third-order valence-corrected chi connectivity index (χ3v) is 3.42. The average molecular weight is 289 g/mol. The molecule has 1 amide bonds. The van der Waals surface area contributed by atoms with Gasteiger partial charge in [0.05, 0.1) is 12.6 Å². The zero-order chi connectivity index (χ0) is 13.9. The lowest BCUT2D eigenvalue weighted by Gasteiger charge is -2.26. The number of hydrogen-bond donors (Lipinski definition) is 1. The van der Waals surface area contributed by atoms with E-state index in [1.54, 1.807) is 18.2 Å². The number of amides is 1. The van der Waals surface area contributed by atoms with E-state index in [-0.39, 0.29) is 11.9 Å². The fourth-order valence-corrected chi connectivity index (χ4v) is 2.42. The molecule has 1 N–H and O–H groups in total. The lowest BCUT2D eigenvalue weighted by Crippen LogP contribution is -2.32. The van der Waals surface area contributed by atoms with Gasteiger partial charge in [-0.3, -0.25) is 4.79 Å². The Balaban J connectivity index is 1.81. The molecule has 0 aliphatic carbocycles. The van der Waals surface area contributed by atoms with E-state index in [4.69, 9.17) is 16.3 Å². The molecule has 3 rings (SSSR count). The summed E-state index contributed by atoms with van der Waals surface area (Å²) in [7, 11) is 0. The Morgan fingerprint density at radius 1 is 1.25 bits per heavy atom. The summed E-state index contributed by atoms with van der Waals surface area (Å²) in [5, 5.41) is 3.29. The van der Waals surface area contributed by atoms with Crippen molar-refractivity contribution in [3.8, 4) is 5.75 Å². The summed E-state index contributed by atoms with van der Waals surface area (Å²) < 4.78 is 5.57. The van der Waals surface area contributed by atoms with Crippen LogP contribution < -0.4 is 10.1 Å². The zero-order valence-corrected chi connectivity index (χ0v) is 11.4. The van der Waals surface area contributed by atoms with Crippen molar-refractivity contribution in [2.24, 2.45) is 0 Å². The van der Waals surface area contributed by atoms with Gasteiger partial charge in [0.15, 0.2) is 0 Å². The normalized spacial score (nSPS) is 16.9. The Bertz CT molecular complexity index is 645. The molecule has 5 heteroatoms. The number of para-hydroxylation sites is 1. The highest BCUT2D eigenvalue weighted by Crippen LogP contribution is 2.31. The smallest absolute Gasteiger partial charge is 0.270 e. The number of pyridine rings is 1. The van der Waals surface area contributed by atoms with Gasteiger partial charge in [0.2, 0.25) is 0 Å². The predicted molar refractivity (Wildman–Crippen MR) is 76.0 cm³/mol. The van der Waals surface area contributed by atoms with Gasteiger partial charge in [-0.25, -0.2) is 4.98 Å². The number of carbonyl (C=O) groups is 1. The monoisotopic (exact) mass is 288 g/mol. The van der Waals surface area contributed by atoms with Gasteiger partial charge < -0.3 is 10.1 Å². The first kappa shape index (κ1) is 12.9. The van der Waals surface area contributed by atoms with Crippen molar-refractivity contribution < 1.29 is 9.53 Å². The largest absolute Gasteiger partial charge is 0.493 e. The van der Waals surface area contributed by atoms with Gasteiger partial charge in [-0.05, 0) is 18.2 Å². The van der Waals surface area contributed by atoms with Crippen molar-refractivity contribution in [1.29, 1.82) is 0 Å². The number of nitrogens with one attached hydrogen (secondary N) is 1. The molecule has 1 aliphatic heterocycles. The molecular weight excluding hydrogens is 276 g/mol. The van der Waals surface area contributed by atoms with Gasteiger partial charge in [0.25, 0.3) is 5.91 Å². The topological polar surface area (TPSA) is 51.2 Å².